The quantitative estimate of drug-likeness (QED) is 0.796. The number of thiophene rings is 1. The Labute approximate surface area is 115 Å². The van der Waals surface area contributed by atoms with E-state index in [1.54, 1.807) is 11.3 Å². The van der Waals surface area contributed by atoms with Crippen molar-refractivity contribution in [2.45, 2.75) is 26.3 Å². The van der Waals surface area contributed by atoms with Gasteiger partial charge in [-0.15, -0.1) is 0 Å². The van der Waals surface area contributed by atoms with Gasteiger partial charge in [0, 0.05) is 12.2 Å². The largest absolute Gasteiger partial charge is 0.369 e. The molecule has 1 atom stereocenters. The molecule has 0 radical (unpaired) electrons. The first-order valence-electron chi connectivity index (χ1n) is 6.27. The fraction of sp³-hybridized carbons (Fsp3) is 0.286. The van der Waals surface area contributed by atoms with Gasteiger partial charge in [-0.25, -0.2) is 9.97 Å². The standard InChI is InChI=1S/C14H16N4S/c1-9-3-5-16-13-12(9)17-14(15)18(13)10(2)7-11-4-6-19-8-11/h3-6,8,10H,7H2,1-2H3,(H2,15,17). The SMILES string of the molecule is Cc1ccnc2c1nc(N)n2C(C)Cc1ccsc1. The first-order chi connectivity index (χ1) is 9.16. The van der Waals surface area contributed by atoms with Crippen LogP contribution in [-0.2, 0) is 6.42 Å². The number of nitrogens with zero attached hydrogens (tertiary/aromatic N) is 3. The van der Waals surface area contributed by atoms with Gasteiger partial charge in [0.25, 0.3) is 0 Å². The molecule has 3 rings (SSSR count). The summed E-state index contributed by atoms with van der Waals surface area (Å²) in [6.45, 7) is 4.18. The van der Waals surface area contributed by atoms with Crippen LogP contribution in [0.3, 0.4) is 0 Å². The third kappa shape index (κ3) is 2.10. The third-order valence-electron chi connectivity index (χ3n) is 3.36. The van der Waals surface area contributed by atoms with Crippen molar-refractivity contribution < 1.29 is 0 Å². The molecule has 0 saturated heterocycles. The number of pyridine rings is 1. The molecule has 3 aromatic heterocycles. The normalized spacial score (nSPS) is 12.9. The molecular weight excluding hydrogens is 256 g/mol. The topological polar surface area (TPSA) is 56.7 Å². The fourth-order valence-electron chi connectivity index (χ4n) is 2.40. The number of anilines is 1. The lowest BCUT2D eigenvalue weighted by Crippen LogP contribution is -2.11. The van der Waals surface area contributed by atoms with Crippen LogP contribution in [0.4, 0.5) is 5.95 Å². The Morgan fingerprint density at radius 2 is 2.26 bits per heavy atom. The van der Waals surface area contributed by atoms with Gasteiger partial charge in [-0.05, 0) is 54.3 Å². The summed E-state index contributed by atoms with van der Waals surface area (Å²) in [5.41, 5.74) is 10.3. The van der Waals surface area contributed by atoms with Gasteiger partial charge in [0.05, 0.1) is 0 Å². The number of hydrogen-bond donors (Lipinski definition) is 1. The van der Waals surface area contributed by atoms with Crippen molar-refractivity contribution in [3.05, 3.63) is 40.2 Å². The van der Waals surface area contributed by atoms with E-state index in [2.05, 4.69) is 33.7 Å². The number of imidazole rings is 1. The van der Waals surface area contributed by atoms with E-state index in [0.29, 0.717) is 5.95 Å². The fourth-order valence-corrected chi connectivity index (χ4v) is 3.08. The maximum absolute atomic E-state index is 6.07. The van der Waals surface area contributed by atoms with E-state index < -0.39 is 0 Å². The number of fused-ring (bicyclic) bond motifs is 1. The summed E-state index contributed by atoms with van der Waals surface area (Å²) in [5.74, 6) is 0.541. The Morgan fingerprint density at radius 3 is 3.00 bits per heavy atom. The average molecular weight is 272 g/mol. The second-order valence-electron chi connectivity index (χ2n) is 4.82. The second kappa shape index (κ2) is 4.66. The van der Waals surface area contributed by atoms with Crippen molar-refractivity contribution in [3.63, 3.8) is 0 Å². The van der Waals surface area contributed by atoms with E-state index in [1.807, 2.05) is 23.8 Å². The number of nitrogens with two attached hydrogens (primary N) is 1. The molecule has 0 aliphatic heterocycles. The van der Waals surface area contributed by atoms with E-state index in [-0.39, 0.29) is 6.04 Å². The van der Waals surface area contributed by atoms with Crippen LogP contribution < -0.4 is 5.73 Å². The molecule has 0 aliphatic rings. The zero-order valence-corrected chi connectivity index (χ0v) is 11.8. The molecule has 19 heavy (non-hydrogen) atoms. The van der Waals surface area contributed by atoms with Gasteiger partial charge < -0.3 is 5.73 Å². The zero-order valence-electron chi connectivity index (χ0n) is 11.0. The molecule has 0 amide bonds. The van der Waals surface area contributed by atoms with Crippen LogP contribution in [-0.4, -0.2) is 14.5 Å². The Hall–Kier alpha value is -1.88. The van der Waals surface area contributed by atoms with Gasteiger partial charge in [-0.1, -0.05) is 0 Å². The van der Waals surface area contributed by atoms with Crippen molar-refractivity contribution in [1.29, 1.82) is 0 Å². The van der Waals surface area contributed by atoms with Crippen LogP contribution in [0.25, 0.3) is 11.2 Å². The highest BCUT2D eigenvalue weighted by molar-refractivity contribution is 7.07. The van der Waals surface area contributed by atoms with Gasteiger partial charge >= 0.3 is 0 Å². The summed E-state index contributed by atoms with van der Waals surface area (Å²) in [4.78, 5) is 8.88. The minimum absolute atomic E-state index is 0.244. The number of nitrogen functional groups attached to an aromatic ring is 1. The van der Waals surface area contributed by atoms with Crippen LogP contribution >= 0.6 is 11.3 Å². The molecule has 4 nitrogen and oxygen atoms in total. The minimum Gasteiger partial charge on any atom is -0.369 e. The van der Waals surface area contributed by atoms with Crippen molar-refractivity contribution in [2.24, 2.45) is 0 Å². The van der Waals surface area contributed by atoms with Crippen LogP contribution in [0.1, 0.15) is 24.1 Å². The van der Waals surface area contributed by atoms with Crippen LogP contribution in [0.15, 0.2) is 29.1 Å². The van der Waals surface area contributed by atoms with Crippen molar-refractivity contribution in [2.75, 3.05) is 5.73 Å². The molecule has 0 saturated carbocycles. The van der Waals surface area contributed by atoms with Crippen LogP contribution in [0.2, 0.25) is 0 Å². The summed E-state index contributed by atoms with van der Waals surface area (Å²) in [6.07, 6.45) is 2.75. The number of hydrogen-bond acceptors (Lipinski definition) is 4. The molecule has 0 fully saturated rings. The Balaban J connectivity index is 2.04. The molecule has 1 unspecified atom stereocenters. The maximum atomic E-state index is 6.07. The molecular formula is C14H16N4S. The predicted octanol–water partition coefficient (Wildman–Crippen LogP) is 3.19. The Morgan fingerprint density at radius 1 is 1.42 bits per heavy atom. The molecule has 0 bridgehead atoms. The summed E-state index contributed by atoms with van der Waals surface area (Å²) < 4.78 is 2.03. The molecule has 98 valence electrons. The molecule has 3 heterocycles. The lowest BCUT2D eigenvalue weighted by atomic mass is 10.1. The first-order valence-corrected chi connectivity index (χ1v) is 7.21. The molecule has 0 spiro atoms. The van der Waals surface area contributed by atoms with Gasteiger partial charge in [0.15, 0.2) is 5.65 Å². The molecule has 0 aromatic carbocycles. The summed E-state index contributed by atoms with van der Waals surface area (Å²) >= 11 is 1.72. The van der Waals surface area contributed by atoms with Gasteiger partial charge in [0.2, 0.25) is 5.95 Å². The van der Waals surface area contributed by atoms with E-state index in [0.717, 1.165) is 23.1 Å². The monoisotopic (exact) mass is 272 g/mol. The highest BCUT2D eigenvalue weighted by Gasteiger charge is 2.16. The van der Waals surface area contributed by atoms with Gasteiger partial charge in [-0.2, -0.15) is 11.3 Å². The average Bonchev–Trinajstić information content (AvgIpc) is 2.96. The summed E-state index contributed by atoms with van der Waals surface area (Å²) in [7, 11) is 0. The van der Waals surface area contributed by atoms with E-state index in [1.165, 1.54) is 5.56 Å². The van der Waals surface area contributed by atoms with Crippen molar-refractivity contribution in [1.82, 2.24) is 14.5 Å². The lowest BCUT2D eigenvalue weighted by Gasteiger charge is -2.14. The smallest absolute Gasteiger partial charge is 0.202 e. The highest BCUT2D eigenvalue weighted by atomic mass is 32.1. The summed E-state index contributed by atoms with van der Waals surface area (Å²) in [5, 5.41) is 4.27. The molecule has 3 aromatic rings. The van der Waals surface area contributed by atoms with E-state index in [9.17, 15) is 0 Å². The highest BCUT2D eigenvalue weighted by Crippen LogP contribution is 2.25. The van der Waals surface area contributed by atoms with Crippen molar-refractivity contribution >= 4 is 28.4 Å². The van der Waals surface area contributed by atoms with E-state index in [4.69, 9.17) is 5.73 Å². The minimum atomic E-state index is 0.244. The predicted molar refractivity (Wildman–Crippen MR) is 79.4 cm³/mol. The first kappa shape index (κ1) is 12.2. The molecule has 5 heteroatoms. The third-order valence-corrected chi connectivity index (χ3v) is 4.09. The summed E-state index contributed by atoms with van der Waals surface area (Å²) in [6, 6.07) is 4.35. The second-order valence-corrected chi connectivity index (χ2v) is 5.60. The van der Waals surface area contributed by atoms with Crippen molar-refractivity contribution in [3.8, 4) is 0 Å². The van der Waals surface area contributed by atoms with Gasteiger partial charge in [0.1, 0.15) is 5.52 Å². The Kier molecular flexibility index (Phi) is 2.98. The molecule has 2 N–H and O–H groups in total. The zero-order chi connectivity index (χ0) is 13.4. The lowest BCUT2D eigenvalue weighted by molar-refractivity contribution is 0.564. The Bertz CT molecular complexity index is 700. The van der Waals surface area contributed by atoms with Crippen LogP contribution in [0, 0.1) is 6.92 Å². The van der Waals surface area contributed by atoms with Gasteiger partial charge in [-0.3, -0.25) is 4.57 Å². The number of aryl methyl sites for hydroxylation is 1. The number of rotatable bonds is 3. The van der Waals surface area contributed by atoms with Crippen LogP contribution in [0.5, 0.6) is 0 Å². The van der Waals surface area contributed by atoms with E-state index >= 15 is 0 Å². The number of aromatic nitrogens is 3. The maximum Gasteiger partial charge on any atom is 0.202 e. The molecule has 0 aliphatic carbocycles.